The third-order valence-electron chi connectivity index (χ3n) is 5.62. The molecule has 1 atom stereocenters. The molecule has 0 saturated carbocycles. The Morgan fingerprint density at radius 1 is 0.750 bits per heavy atom. The molecule has 0 saturated heterocycles. The Kier molecular flexibility index (Phi) is 11.1. The number of hydrogen-bond donors (Lipinski definition) is 0. The molecule has 1 rings (SSSR count). The van der Waals surface area contributed by atoms with Crippen molar-refractivity contribution in [1.29, 1.82) is 0 Å². The maximum absolute atomic E-state index is 2.38. The van der Waals surface area contributed by atoms with E-state index in [0.717, 1.165) is 5.92 Å². The van der Waals surface area contributed by atoms with Crippen LogP contribution in [-0.4, -0.2) is 24.1 Å². The summed E-state index contributed by atoms with van der Waals surface area (Å²) in [6, 6.07) is 11.2. The highest BCUT2D eigenvalue weighted by Crippen LogP contribution is 2.23. The molecule has 0 aliphatic heterocycles. The largest absolute Gasteiger partial charge is 0.320 e. The Bertz CT molecular complexity index is 390. The summed E-state index contributed by atoms with van der Waals surface area (Å²) < 4.78 is 1.31. The third-order valence-corrected chi connectivity index (χ3v) is 5.62. The van der Waals surface area contributed by atoms with Gasteiger partial charge in [0, 0.05) is 5.56 Å². The molecule has 1 aromatic rings. The average Bonchev–Trinajstić information content (AvgIpc) is 2.62. The number of quaternary nitrogens is 1. The second kappa shape index (κ2) is 12.5. The predicted molar refractivity (Wildman–Crippen MR) is 108 cm³/mol. The molecule has 1 aromatic carbocycles. The minimum Gasteiger partial charge on any atom is -0.320 e. The van der Waals surface area contributed by atoms with E-state index in [2.05, 4.69) is 58.0 Å². The van der Waals surface area contributed by atoms with E-state index >= 15 is 0 Å². The van der Waals surface area contributed by atoms with Crippen LogP contribution in [0.4, 0.5) is 0 Å². The normalized spacial score (nSPS) is 13.2. The first-order valence-electron chi connectivity index (χ1n) is 10.6. The van der Waals surface area contributed by atoms with Crippen molar-refractivity contribution < 1.29 is 4.48 Å². The van der Waals surface area contributed by atoms with Crippen molar-refractivity contribution >= 4 is 0 Å². The molecule has 1 unspecified atom stereocenters. The number of unbranched alkanes of at least 4 members (excludes halogenated alkanes) is 2. The number of benzene rings is 1. The van der Waals surface area contributed by atoms with Gasteiger partial charge in [0.2, 0.25) is 0 Å². The van der Waals surface area contributed by atoms with Gasteiger partial charge in [-0.15, -0.1) is 0 Å². The lowest BCUT2D eigenvalue weighted by molar-refractivity contribution is -0.941. The Labute approximate surface area is 152 Å². The van der Waals surface area contributed by atoms with E-state index in [-0.39, 0.29) is 0 Å². The van der Waals surface area contributed by atoms with Crippen molar-refractivity contribution in [3.05, 3.63) is 35.9 Å². The molecule has 0 fully saturated rings. The van der Waals surface area contributed by atoms with Crippen molar-refractivity contribution in [2.24, 2.45) is 5.92 Å². The summed E-state index contributed by atoms with van der Waals surface area (Å²) in [6.07, 6.45) is 10.8. The fourth-order valence-electron chi connectivity index (χ4n) is 3.95. The molecule has 24 heavy (non-hydrogen) atoms. The van der Waals surface area contributed by atoms with Crippen LogP contribution in [-0.2, 0) is 6.54 Å². The van der Waals surface area contributed by atoms with Gasteiger partial charge in [-0.3, -0.25) is 0 Å². The van der Waals surface area contributed by atoms with Gasteiger partial charge >= 0.3 is 0 Å². The number of rotatable bonds is 14. The second-order valence-electron chi connectivity index (χ2n) is 7.71. The molecule has 0 amide bonds. The number of nitrogens with zero attached hydrogens (tertiary/aromatic N) is 1. The molecular weight excluding hydrogens is 290 g/mol. The number of hydrogen-bond acceptors (Lipinski definition) is 0. The quantitative estimate of drug-likeness (QED) is 0.328. The van der Waals surface area contributed by atoms with Gasteiger partial charge < -0.3 is 4.48 Å². The minimum absolute atomic E-state index is 0.923. The molecule has 0 heterocycles. The molecule has 0 radical (unpaired) electrons. The Morgan fingerprint density at radius 3 is 1.88 bits per heavy atom. The molecule has 0 N–H and O–H groups in total. The van der Waals surface area contributed by atoms with E-state index in [4.69, 9.17) is 0 Å². The van der Waals surface area contributed by atoms with E-state index in [1.807, 2.05) is 0 Å². The van der Waals surface area contributed by atoms with Crippen LogP contribution in [0.1, 0.15) is 84.6 Å². The zero-order chi connectivity index (χ0) is 17.7. The van der Waals surface area contributed by atoms with Gasteiger partial charge in [-0.05, 0) is 25.2 Å². The molecule has 0 spiro atoms. The van der Waals surface area contributed by atoms with Crippen molar-refractivity contribution in [2.45, 2.75) is 85.6 Å². The van der Waals surface area contributed by atoms with Crippen LogP contribution in [0.5, 0.6) is 0 Å². The van der Waals surface area contributed by atoms with E-state index in [0.29, 0.717) is 0 Å². The first-order valence-corrected chi connectivity index (χ1v) is 10.6. The summed E-state index contributed by atoms with van der Waals surface area (Å²) in [5.74, 6) is 0.923. The summed E-state index contributed by atoms with van der Waals surface area (Å²) in [4.78, 5) is 0. The van der Waals surface area contributed by atoms with Crippen LogP contribution in [0.25, 0.3) is 0 Å². The lowest BCUT2D eigenvalue weighted by Crippen LogP contribution is -2.49. The summed E-state index contributed by atoms with van der Waals surface area (Å²) >= 11 is 0. The lowest BCUT2D eigenvalue weighted by atomic mass is 9.95. The monoisotopic (exact) mass is 332 g/mol. The highest BCUT2D eigenvalue weighted by molar-refractivity contribution is 5.13. The summed E-state index contributed by atoms with van der Waals surface area (Å²) in [7, 11) is 0. The first kappa shape index (κ1) is 21.2. The minimum atomic E-state index is 0.923. The van der Waals surface area contributed by atoms with Crippen LogP contribution in [0.3, 0.4) is 0 Å². The smallest absolute Gasteiger partial charge is 0.104 e. The molecule has 0 aromatic heterocycles. The molecule has 0 aliphatic carbocycles. The van der Waals surface area contributed by atoms with Gasteiger partial charge in [-0.1, -0.05) is 90.1 Å². The van der Waals surface area contributed by atoms with E-state index in [1.165, 1.54) is 87.6 Å². The van der Waals surface area contributed by atoms with Crippen molar-refractivity contribution in [2.75, 3.05) is 19.6 Å². The van der Waals surface area contributed by atoms with Crippen LogP contribution < -0.4 is 0 Å². The Hall–Kier alpha value is -0.820. The second-order valence-corrected chi connectivity index (χ2v) is 7.71. The maximum atomic E-state index is 2.38. The SMILES string of the molecule is CCCC[N+](CCCC)(CCC(CC)CCC)Cc1ccccc1. The van der Waals surface area contributed by atoms with Gasteiger partial charge in [0.05, 0.1) is 19.6 Å². The van der Waals surface area contributed by atoms with E-state index < -0.39 is 0 Å². The summed E-state index contributed by atoms with van der Waals surface area (Å²) in [5, 5.41) is 0. The van der Waals surface area contributed by atoms with Crippen LogP contribution in [0.2, 0.25) is 0 Å². The van der Waals surface area contributed by atoms with E-state index in [9.17, 15) is 0 Å². The zero-order valence-electron chi connectivity index (χ0n) is 16.9. The van der Waals surface area contributed by atoms with Gasteiger partial charge in [-0.2, -0.15) is 0 Å². The van der Waals surface area contributed by atoms with E-state index in [1.54, 1.807) is 0 Å². The average molecular weight is 333 g/mol. The fraction of sp³-hybridized carbons (Fsp3) is 0.739. The van der Waals surface area contributed by atoms with Gasteiger partial charge in [0.1, 0.15) is 6.54 Å². The molecule has 138 valence electrons. The maximum Gasteiger partial charge on any atom is 0.104 e. The fourth-order valence-corrected chi connectivity index (χ4v) is 3.95. The van der Waals surface area contributed by atoms with Crippen LogP contribution in [0.15, 0.2) is 30.3 Å². The molecular formula is C23H42N+. The predicted octanol–water partition coefficient (Wildman–Crippen LogP) is 6.82. The zero-order valence-corrected chi connectivity index (χ0v) is 16.9. The van der Waals surface area contributed by atoms with Gasteiger partial charge in [-0.25, -0.2) is 0 Å². The van der Waals surface area contributed by atoms with Crippen LogP contribution >= 0.6 is 0 Å². The lowest BCUT2D eigenvalue weighted by Gasteiger charge is -2.40. The molecule has 0 aliphatic rings. The summed E-state index contributed by atoms with van der Waals surface area (Å²) in [6.45, 7) is 14.7. The summed E-state index contributed by atoms with van der Waals surface area (Å²) in [5.41, 5.74) is 1.52. The van der Waals surface area contributed by atoms with Crippen molar-refractivity contribution in [3.63, 3.8) is 0 Å². The molecule has 0 bridgehead atoms. The van der Waals surface area contributed by atoms with Crippen molar-refractivity contribution in [3.8, 4) is 0 Å². The van der Waals surface area contributed by atoms with Gasteiger partial charge in [0.15, 0.2) is 0 Å². The Balaban J connectivity index is 2.87. The van der Waals surface area contributed by atoms with Gasteiger partial charge in [0.25, 0.3) is 0 Å². The first-order chi connectivity index (χ1) is 11.7. The molecule has 1 nitrogen and oxygen atoms in total. The highest BCUT2D eigenvalue weighted by atomic mass is 15.3. The van der Waals surface area contributed by atoms with Crippen molar-refractivity contribution in [1.82, 2.24) is 0 Å². The highest BCUT2D eigenvalue weighted by Gasteiger charge is 2.27. The molecule has 1 heteroatoms. The topological polar surface area (TPSA) is 0 Å². The van der Waals surface area contributed by atoms with Crippen LogP contribution in [0, 0.1) is 5.92 Å². The standard InChI is InChI=1S/C23H42N/c1-5-9-18-24(19-10-6-2,20-17-22(8-4)14-7-3)21-23-15-12-11-13-16-23/h11-13,15-16,22H,5-10,14,17-21H2,1-4H3/q+1. The third kappa shape index (κ3) is 7.83. The Morgan fingerprint density at radius 2 is 1.38 bits per heavy atom.